The van der Waals surface area contributed by atoms with Crippen molar-refractivity contribution >= 4 is 18.7 Å². The van der Waals surface area contributed by atoms with Crippen molar-refractivity contribution in [3.05, 3.63) is 102 Å². The van der Waals surface area contributed by atoms with E-state index < -0.39 is 8.32 Å². The summed E-state index contributed by atoms with van der Waals surface area (Å²) in [4.78, 5) is 0. The van der Waals surface area contributed by atoms with Crippen LogP contribution in [0, 0.1) is 0 Å². The monoisotopic (exact) mass is 428 g/mol. The molecule has 0 spiro atoms. The molecule has 0 unspecified atom stereocenters. The minimum atomic E-state index is -2.66. The Morgan fingerprint density at radius 2 is 1.45 bits per heavy atom. The highest BCUT2D eigenvalue weighted by Crippen LogP contribution is 2.39. The van der Waals surface area contributed by atoms with Gasteiger partial charge in [0.2, 0.25) is 0 Å². The summed E-state index contributed by atoms with van der Waals surface area (Å²) in [7, 11) is -2.66. The van der Waals surface area contributed by atoms with Crippen LogP contribution < -0.4 is 14.8 Å². The van der Waals surface area contributed by atoms with Crippen LogP contribution >= 0.6 is 0 Å². The van der Waals surface area contributed by atoms with Gasteiger partial charge in [-0.05, 0) is 57.4 Å². The highest BCUT2D eigenvalue weighted by Gasteiger charge is 2.52. The first kappa shape index (κ1) is 21.6. The largest absolute Gasteiger partial charge is 0.534 e. The van der Waals surface area contributed by atoms with Crippen LogP contribution in [0.3, 0.4) is 0 Å². The van der Waals surface area contributed by atoms with Gasteiger partial charge in [0.05, 0.1) is 6.61 Å². The summed E-state index contributed by atoms with van der Waals surface area (Å²) in [6.45, 7) is 7.06. The molecule has 2 nitrogen and oxygen atoms in total. The molecular formula is C28H32O2Si. The van der Waals surface area contributed by atoms with E-state index in [-0.39, 0.29) is 11.6 Å². The Kier molecular flexibility index (Phi) is 6.17. The van der Waals surface area contributed by atoms with Crippen LogP contribution in [0.4, 0.5) is 0 Å². The van der Waals surface area contributed by atoms with E-state index in [1.54, 1.807) is 0 Å². The summed E-state index contributed by atoms with van der Waals surface area (Å²) in [5.41, 5.74) is 3.66. The Balaban J connectivity index is 1.90. The summed E-state index contributed by atoms with van der Waals surface area (Å²) >= 11 is 0. The molecule has 3 heteroatoms. The minimum absolute atomic E-state index is 0.0718. The van der Waals surface area contributed by atoms with E-state index in [0.29, 0.717) is 0 Å². The molecule has 160 valence electrons. The van der Waals surface area contributed by atoms with E-state index >= 15 is 0 Å². The van der Waals surface area contributed by atoms with Crippen LogP contribution in [0.5, 0.6) is 5.75 Å². The van der Waals surface area contributed by atoms with Crippen molar-refractivity contribution in [3.63, 3.8) is 0 Å². The number of benzene rings is 3. The second kappa shape index (κ2) is 8.86. The number of fused-ring (bicyclic) bond motifs is 1. The quantitative estimate of drug-likeness (QED) is 0.456. The van der Waals surface area contributed by atoms with Crippen molar-refractivity contribution in [2.45, 2.75) is 45.1 Å². The maximum absolute atomic E-state index is 9.71. The fraction of sp³-hybridized carbons (Fsp3) is 0.286. The number of aliphatic hydroxyl groups is 1. The van der Waals surface area contributed by atoms with Gasteiger partial charge in [-0.3, -0.25) is 0 Å². The molecule has 0 saturated carbocycles. The van der Waals surface area contributed by atoms with Gasteiger partial charge in [0.25, 0.3) is 0 Å². The molecular weight excluding hydrogens is 396 g/mol. The van der Waals surface area contributed by atoms with E-state index in [1.807, 2.05) is 0 Å². The number of aliphatic hydroxyl groups excluding tert-OH is 1. The molecule has 1 aliphatic carbocycles. The van der Waals surface area contributed by atoms with Crippen LogP contribution in [-0.2, 0) is 12.8 Å². The van der Waals surface area contributed by atoms with E-state index in [9.17, 15) is 5.11 Å². The lowest BCUT2D eigenvalue weighted by atomic mass is 10.0. The third-order valence-corrected chi connectivity index (χ3v) is 11.3. The molecule has 0 saturated heterocycles. The second-order valence-electron chi connectivity index (χ2n) is 9.40. The Morgan fingerprint density at radius 3 is 2.00 bits per heavy atom. The Labute approximate surface area is 187 Å². The topological polar surface area (TPSA) is 29.5 Å². The second-order valence-corrected chi connectivity index (χ2v) is 13.6. The highest BCUT2D eigenvalue weighted by molar-refractivity contribution is 7.00. The van der Waals surface area contributed by atoms with Crippen molar-refractivity contribution in [2.75, 3.05) is 6.61 Å². The smallest absolute Gasteiger partial charge is 0.319 e. The van der Waals surface area contributed by atoms with Gasteiger partial charge < -0.3 is 9.53 Å². The molecule has 3 aromatic rings. The summed E-state index contributed by atoms with van der Waals surface area (Å²) in [6.07, 6.45) is 4.85. The SMILES string of the molecule is CC(C)(C)[Si](Oc1cccc2c1CCC=C(CO)C2)(c1ccccc1)c1ccccc1. The molecule has 31 heavy (non-hydrogen) atoms. The lowest BCUT2D eigenvalue weighted by Gasteiger charge is -2.43. The van der Waals surface area contributed by atoms with Gasteiger partial charge in [0, 0.05) is 0 Å². The van der Waals surface area contributed by atoms with E-state index in [0.717, 1.165) is 30.6 Å². The molecule has 0 heterocycles. The third-order valence-electron chi connectivity index (χ3n) is 6.36. The lowest BCUT2D eigenvalue weighted by molar-refractivity contribution is 0.328. The molecule has 0 atom stereocenters. The van der Waals surface area contributed by atoms with Crippen molar-refractivity contribution in [2.24, 2.45) is 0 Å². The van der Waals surface area contributed by atoms with E-state index in [1.165, 1.54) is 21.5 Å². The number of allylic oxidation sites excluding steroid dienone is 1. The third kappa shape index (κ3) is 4.12. The molecule has 0 bridgehead atoms. The van der Waals surface area contributed by atoms with E-state index in [2.05, 4.69) is 106 Å². The van der Waals surface area contributed by atoms with Crippen LogP contribution in [0.25, 0.3) is 0 Å². The van der Waals surface area contributed by atoms with Gasteiger partial charge in [-0.1, -0.05) is 99.6 Å². The van der Waals surface area contributed by atoms with Gasteiger partial charge >= 0.3 is 8.32 Å². The zero-order valence-electron chi connectivity index (χ0n) is 18.8. The van der Waals surface area contributed by atoms with Crippen molar-refractivity contribution in [3.8, 4) is 5.75 Å². The zero-order chi connectivity index (χ0) is 21.9. The average molecular weight is 429 g/mol. The standard InChI is InChI=1S/C28H32O2Si/c1-28(2,3)31(24-14-6-4-7-15-24,25-16-8-5-9-17-25)30-27-19-11-13-23-20-22(21-29)12-10-18-26(23)27/h4-9,11-17,19,29H,10,18,20-21H2,1-3H3. The summed E-state index contributed by atoms with van der Waals surface area (Å²) in [5, 5.41) is 12.2. The van der Waals surface area contributed by atoms with Crippen LogP contribution in [0.15, 0.2) is 90.5 Å². The van der Waals surface area contributed by atoms with Crippen molar-refractivity contribution in [1.82, 2.24) is 0 Å². The zero-order valence-corrected chi connectivity index (χ0v) is 19.8. The molecule has 4 rings (SSSR count). The fourth-order valence-electron chi connectivity index (χ4n) is 4.83. The van der Waals surface area contributed by atoms with Crippen LogP contribution in [0.2, 0.25) is 5.04 Å². The normalized spacial score (nSPS) is 14.4. The molecule has 1 N–H and O–H groups in total. The number of hydrogen-bond acceptors (Lipinski definition) is 2. The highest BCUT2D eigenvalue weighted by atomic mass is 28.4. The van der Waals surface area contributed by atoms with Gasteiger partial charge in [-0.2, -0.15) is 0 Å². The van der Waals surface area contributed by atoms with Gasteiger partial charge in [0.15, 0.2) is 0 Å². The maximum atomic E-state index is 9.71. The molecule has 0 radical (unpaired) electrons. The predicted molar refractivity (Wildman–Crippen MR) is 132 cm³/mol. The molecule has 3 aromatic carbocycles. The molecule has 0 amide bonds. The molecule has 0 aliphatic heterocycles. The lowest BCUT2D eigenvalue weighted by Crippen LogP contribution is -2.68. The first-order valence-electron chi connectivity index (χ1n) is 11.2. The fourth-order valence-corrected chi connectivity index (χ4v) is 9.28. The number of rotatable bonds is 5. The summed E-state index contributed by atoms with van der Waals surface area (Å²) in [5.74, 6) is 0.999. The van der Waals surface area contributed by atoms with Crippen molar-refractivity contribution < 1.29 is 9.53 Å². The van der Waals surface area contributed by atoms with Gasteiger partial charge in [-0.25, -0.2) is 0 Å². The van der Waals surface area contributed by atoms with Gasteiger partial charge in [0.1, 0.15) is 5.75 Å². The Bertz CT molecular complexity index is 1010. The van der Waals surface area contributed by atoms with Gasteiger partial charge in [-0.15, -0.1) is 0 Å². The van der Waals surface area contributed by atoms with Crippen LogP contribution in [0.1, 0.15) is 38.3 Å². The predicted octanol–water partition coefficient (Wildman–Crippen LogP) is 5.03. The van der Waals surface area contributed by atoms with Crippen molar-refractivity contribution in [1.29, 1.82) is 0 Å². The Hall–Kier alpha value is -2.62. The first-order chi connectivity index (χ1) is 15.0. The average Bonchev–Trinajstić information content (AvgIpc) is 3.00. The number of hydrogen-bond donors (Lipinski definition) is 1. The minimum Gasteiger partial charge on any atom is -0.534 e. The molecule has 0 fully saturated rings. The Morgan fingerprint density at radius 1 is 0.839 bits per heavy atom. The molecule has 0 aromatic heterocycles. The summed E-state index contributed by atoms with van der Waals surface area (Å²) < 4.78 is 7.31. The van der Waals surface area contributed by atoms with Crippen LogP contribution in [-0.4, -0.2) is 20.0 Å². The van der Waals surface area contributed by atoms with E-state index in [4.69, 9.17) is 4.43 Å². The summed E-state index contributed by atoms with van der Waals surface area (Å²) in [6, 6.07) is 28.0. The maximum Gasteiger partial charge on any atom is 0.319 e. The first-order valence-corrected chi connectivity index (χ1v) is 13.1. The molecule has 1 aliphatic rings.